The number of nitrogens with zero attached hydrogens (tertiary/aromatic N) is 1. The molecular formula is C17H18F3N3O2. The number of halogens is 3. The van der Waals surface area contributed by atoms with Gasteiger partial charge in [-0.3, -0.25) is 9.59 Å². The first-order valence-corrected chi connectivity index (χ1v) is 7.97. The quantitative estimate of drug-likeness (QED) is 0.872. The van der Waals surface area contributed by atoms with E-state index in [2.05, 4.69) is 10.3 Å². The zero-order valence-electron chi connectivity index (χ0n) is 13.6. The third-order valence-corrected chi connectivity index (χ3v) is 4.43. The maximum Gasteiger partial charge on any atom is 0.408 e. The van der Waals surface area contributed by atoms with Gasteiger partial charge in [-0.1, -0.05) is 6.07 Å². The molecule has 2 unspecified atom stereocenters. The Hall–Kier alpha value is -2.51. The number of fused-ring (bicyclic) bond motifs is 1. The van der Waals surface area contributed by atoms with Crippen molar-refractivity contribution in [2.75, 3.05) is 6.54 Å². The number of H-pyrrole nitrogens is 1. The maximum atomic E-state index is 13.4. The summed E-state index contributed by atoms with van der Waals surface area (Å²) in [5.41, 5.74) is 0.873. The van der Waals surface area contributed by atoms with Gasteiger partial charge in [-0.2, -0.15) is 13.2 Å². The molecule has 134 valence electrons. The minimum absolute atomic E-state index is 0.161. The predicted molar refractivity (Wildman–Crippen MR) is 86.0 cm³/mol. The molecule has 1 aliphatic heterocycles. The normalized spacial score (nSPS) is 21.4. The second kappa shape index (κ2) is 6.42. The number of piperidine rings is 1. The maximum absolute atomic E-state index is 13.4. The Labute approximate surface area is 142 Å². The van der Waals surface area contributed by atoms with Crippen molar-refractivity contribution in [3.63, 3.8) is 0 Å². The molecule has 8 heteroatoms. The van der Waals surface area contributed by atoms with E-state index in [4.69, 9.17) is 0 Å². The number of carbonyl (C=O) groups excluding carboxylic acids is 2. The highest BCUT2D eigenvalue weighted by Gasteiger charge is 2.48. The molecule has 1 saturated heterocycles. The summed E-state index contributed by atoms with van der Waals surface area (Å²) in [7, 11) is 0. The van der Waals surface area contributed by atoms with Crippen molar-refractivity contribution in [1.82, 2.24) is 15.2 Å². The summed E-state index contributed by atoms with van der Waals surface area (Å²) in [5.74, 6) is -1.01. The first-order valence-electron chi connectivity index (χ1n) is 7.97. The second-order valence-corrected chi connectivity index (χ2v) is 6.27. The van der Waals surface area contributed by atoms with E-state index in [-0.39, 0.29) is 30.9 Å². The summed E-state index contributed by atoms with van der Waals surface area (Å²) < 4.78 is 40.1. The summed E-state index contributed by atoms with van der Waals surface area (Å²) in [4.78, 5) is 27.7. The lowest BCUT2D eigenvalue weighted by molar-refractivity contribution is -0.184. The molecule has 0 saturated carbocycles. The van der Waals surface area contributed by atoms with Crippen molar-refractivity contribution in [1.29, 1.82) is 0 Å². The van der Waals surface area contributed by atoms with Crippen molar-refractivity contribution < 1.29 is 22.8 Å². The molecule has 5 nitrogen and oxygen atoms in total. The summed E-state index contributed by atoms with van der Waals surface area (Å²) in [6.45, 7) is 1.15. The monoisotopic (exact) mass is 353 g/mol. The summed E-state index contributed by atoms with van der Waals surface area (Å²) in [6.07, 6.45) is -2.85. The molecule has 1 aromatic heterocycles. The molecule has 1 aromatic carbocycles. The molecule has 2 amide bonds. The summed E-state index contributed by atoms with van der Waals surface area (Å²) in [6, 6.07) is 4.26. The van der Waals surface area contributed by atoms with Gasteiger partial charge in [-0.25, -0.2) is 0 Å². The third-order valence-electron chi connectivity index (χ3n) is 4.43. The fraction of sp³-hybridized carbons (Fsp3) is 0.412. The molecule has 2 heterocycles. The predicted octanol–water partition coefficient (Wildman–Crippen LogP) is 2.84. The van der Waals surface area contributed by atoms with Gasteiger partial charge in [0, 0.05) is 36.8 Å². The van der Waals surface area contributed by atoms with Crippen LogP contribution in [-0.4, -0.2) is 46.5 Å². The number of aromatic amines is 1. The van der Waals surface area contributed by atoms with Crippen LogP contribution >= 0.6 is 0 Å². The largest absolute Gasteiger partial charge is 0.408 e. The van der Waals surface area contributed by atoms with Crippen LogP contribution in [0.1, 0.15) is 30.1 Å². The van der Waals surface area contributed by atoms with Gasteiger partial charge >= 0.3 is 6.18 Å². The Morgan fingerprint density at radius 2 is 2.00 bits per heavy atom. The Kier molecular flexibility index (Phi) is 4.45. The van der Waals surface area contributed by atoms with Gasteiger partial charge in [0.1, 0.15) is 6.04 Å². The highest BCUT2D eigenvalue weighted by Crippen LogP contribution is 2.33. The first-order chi connectivity index (χ1) is 11.8. The van der Waals surface area contributed by atoms with Crippen LogP contribution < -0.4 is 5.32 Å². The van der Waals surface area contributed by atoms with E-state index >= 15 is 0 Å². The zero-order chi connectivity index (χ0) is 18.2. The summed E-state index contributed by atoms with van der Waals surface area (Å²) in [5, 5.41) is 3.48. The minimum Gasteiger partial charge on any atom is -0.361 e. The van der Waals surface area contributed by atoms with Crippen molar-refractivity contribution in [2.24, 2.45) is 0 Å². The molecular weight excluding hydrogens is 335 g/mol. The average Bonchev–Trinajstić information content (AvgIpc) is 3.00. The average molecular weight is 353 g/mol. The summed E-state index contributed by atoms with van der Waals surface area (Å²) >= 11 is 0. The van der Waals surface area contributed by atoms with E-state index in [0.717, 1.165) is 10.3 Å². The molecule has 25 heavy (non-hydrogen) atoms. The number of hydrogen-bond acceptors (Lipinski definition) is 2. The Morgan fingerprint density at radius 3 is 2.68 bits per heavy atom. The van der Waals surface area contributed by atoms with Gasteiger partial charge in [0.05, 0.1) is 0 Å². The molecule has 2 aromatic rings. The molecule has 1 fully saturated rings. The lowest BCUT2D eigenvalue weighted by Crippen LogP contribution is -2.58. The Morgan fingerprint density at radius 1 is 1.24 bits per heavy atom. The fourth-order valence-corrected chi connectivity index (χ4v) is 3.29. The van der Waals surface area contributed by atoms with E-state index in [1.807, 2.05) is 6.07 Å². The molecule has 0 spiro atoms. The number of alkyl halides is 3. The van der Waals surface area contributed by atoms with Gasteiger partial charge in [0.25, 0.3) is 5.91 Å². The van der Waals surface area contributed by atoms with Crippen LogP contribution in [0.4, 0.5) is 13.2 Å². The lowest BCUT2D eigenvalue weighted by atomic mass is 9.96. The number of carbonyl (C=O) groups is 2. The topological polar surface area (TPSA) is 65.2 Å². The fourth-order valence-electron chi connectivity index (χ4n) is 3.29. The number of hydrogen-bond donors (Lipinski definition) is 2. The van der Waals surface area contributed by atoms with Crippen LogP contribution in [-0.2, 0) is 4.79 Å². The first kappa shape index (κ1) is 17.3. The smallest absolute Gasteiger partial charge is 0.361 e. The van der Waals surface area contributed by atoms with Gasteiger partial charge in [0.2, 0.25) is 5.91 Å². The number of nitrogens with one attached hydrogen (secondary N) is 2. The Balaban J connectivity index is 1.89. The Bertz CT molecular complexity index is 800. The van der Waals surface area contributed by atoms with Crippen molar-refractivity contribution in [2.45, 2.75) is 38.0 Å². The number of likely N-dealkylation sites (tertiary alicyclic amines) is 1. The highest BCUT2D eigenvalue weighted by atomic mass is 19.4. The number of aromatic nitrogens is 1. The lowest BCUT2D eigenvalue weighted by Gasteiger charge is -2.40. The van der Waals surface area contributed by atoms with E-state index in [0.29, 0.717) is 5.52 Å². The number of benzene rings is 1. The van der Waals surface area contributed by atoms with Crippen molar-refractivity contribution in [3.8, 4) is 0 Å². The third kappa shape index (κ3) is 3.62. The van der Waals surface area contributed by atoms with Crippen LogP contribution in [0.5, 0.6) is 0 Å². The van der Waals surface area contributed by atoms with E-state index < -0.39 is 24.2 Å². The van der Waals surface area contributed by atoms with Crippen molar-refractivity contribution >= 4 is 22.7 Å². The SMILES string of the molecule is CC(=O)NC1CCC(C(F)(F)F)N(C(=O)c2ccc3cc[nH]c3c2)C1. The number of rotatable bonds is 2. The molecule has 1 aliphatic rings. The van der Waals surface area contributed by atoms with Gasteiger partial charge < -0.3 is 15.2 Å². The second-order valence-electron chi connectivity index (χ2n) is 6.27. The number of amides is 2. The van der Waals surface area contributed by atoms with Crippen LogP contribution in [0.25, 0.3) is 10.9 Å². The van der Waals surface area contributed by atoms with Crippen molar-refractivity contribution in [3.05, 3.63) is 36.0 Å². The van der Waals surface area contributed by atoms with Gasteiger partial charge in [0.15, 0.2) is 0 Å². The van der Waals surface area contributed by atoms with Crippen LogP contribution in [0.3, 0.4) is 0 Å². The van der Waals surface area contributed by atoms with E-state index in [9.17, 15) is 22.8 Å². The van der Waals surface area contributed by atoms with E-state index in [1.54, 1.807) is 18.3 Å². The molecule has 0 bridgehead atoms. The van der Waals surface area contributed by atoms with E-state index in [1.165, 1.54) is 13.0 Å². The highest BCUT2D eigenvalue weighted by molar-refractivity contribution is 5.98. The van der Waals surface area contributed by atoms with Crippen LogP contribution in [0.15, 0.2) is 30.5 Å². The van der Waals surface area contributed by atoms with Gasteiger partial charge in [-0.15, -0.1) is 0 Å². The zero-order valence-corrected chi connectivity index (χ0v) is 13.6. The standard InChI is InChI=1S/C17H18F3N3O2/c1-10(24)22-13-4-5-15(17(18,19)20)23(9-13)16(25)12-3-2-11-6-7-21-14(11)8-12/h2-3,6-8,13,15,21H,4-5,9H2,1H3,(H,22,24). The molecule has 3 rings (SSSR count). The minimum atomic E-state index is -4.51. The van der Waals surface area contributed by atoms with Crippen LogP contribution in [0, 0.1) is 0 Å². The molecule has 2 N–H and O–H groups in total. The van der Waals surface area contributed by atoms with Crippen LogP contribution in [0.2, 0.25) is 0 Å². The molecule has 0 radical (unpaired) electrons. The molecule has 2 atom stereocenters. The van der Waals surface area contributed by atoms with Gasteiger partial charge in [-0.05, 0) is 36.4 Å². The molecule has 0 aliphatic carbocycles.